The highest BCUT2D eigenvalue weighted by Gasteiger charge is 2.18. The lowest BCUT2D eigenvalue weighted by Gasteiger charge is -2.16. The number of nitrogens with zero attached hydrogens (tertiary/aromatic N) is 3. The lowest BCUT2D eigenvalue weighted by Crippen LogP contribution is -2.33. The Kier molecular flexibility index (Phi) is 6.64. The number of aromatic nitrogens is 3. The fourth-order valence-electron chi connectivity index (χ4n) is 2.88. The number of nitrogens with one attached hydrogen (secondary N) is 1. The van der Waals surface area contributed by atoms with Gasteiger partial charge in [-0.2, -0.15) is 0 Å². The van der Waals surface area contributed by atoms with E-state index in [1.807, 2.05) is 0 Å². The maximum Gasteiger partial charge on any atom is 0.257 e. The molecule has 7 nitrogen and oxygen atoms in total. The van der Waals surface area contributed by atoms with Crippen LogP contribution in [0, 0.1) is 6.92 Å². The second-order valence-electron chi connectivity index (χ2n) is 6.26. The topological polar surface area (TPSA) is 97.1 Å². The number of carbonyl (C=O) groups is 1. The molecule has 0 saturated heterocycles. The van der Waals surface area contributed by atoms with E-state index < -0.39 is 5.91 Å². The lowest BCUT2D eigenvalue weighted by atomic mass is 10.1. The molecule has 1 amide bonds. The van der Waals surface area contributed by atoms with Crippen LogP contribution in [0.25, 0.3) is 11.4 Å². The fourth-order valence-corrected chi connectivity index (χ4v) is 3.17. The first-order valence-electron chi connectivity index (χ1n) is 8.78. The standard InChI is InChI=1S/C20H18Cl2N4O3/c1-12-15(8-10-27)20(29)26(19(24-12)13-4-6-14(21)7-5-13)11-17(28)25-16-3-2-9-23-18(16)22/h2-7,9,27H,8,10-11H2,1H3,(H,25,28). The van der Waals surface area contributed by atoms with Gasteiger partial charge in [-0.3, -0.25) is 14.2 Å². The Balaban J connectivity index is 2.03. The third kappa shape index (κ3) is 4.82. The van der Waals surface area contributed by atoms with E-state index in [0.29, 0.717) is 33.4 Å². The summed E-state index contributed by atoms with van der Waals surface area (Å²) in [6.07, 6.45) is 1.65. The molecule has 0 radical (unpaired) electrons. The van der Waals surface area contributed by atoms with Gasteiger partial charge in [0.25, 0.3) is 5.56 Å². The van der Waals surface area contributed by atoms with Crippen molar-refractivity contribution in [2.45, 2.75) is 19.9 Å². The predicted octanol–water partition coefficient (Wildman–Crippen LogP) is 3.09. The van der Waals surface area contributed by atoms with Crippen LogP contribution in [-0.4, -0.2) is 32.2 Å². The molecule has 0 aliphatic carbocycles. The summed E-state index contributed by atoms with van der Waals surface area (Å²) < 4.78 is 1.28. The molecule has 150 valence electrons. The maximum absolute atomic E-state index is 13.1. The number of amides is 1. The van der Waals surface area contributed by atoms with Crippen LogP contribution in [0.3, 0.4) is 0 Å². The molecular weight excluding hydrogens is 415 g/mol. The van der Waals surface area contributed by atoms with Gasteiger partial charge in [0.15, 0.2) is 5.15 Å². The van der Waals surface area contributed by atoms with Crippen LogP contribution in [0.15, 0.2) is 47.4 Å². The summed E-state index contributed by atoms with van der Waals surface area (Å²) in [5, 5.41) is 12.6. The molecule has 9 heteroatoms. The summed E-state index contributed by atoms with van der Waals surface area (Å²) in [6.45, 7) is 1.22. The van der Waals surface area contributed by atoms with Gasteiger partial charge in [-0.1, -0.05) is 23.2 Å². The van der Waals surface area contributed by atoms with Crippen molar-refractivity contribution in [3.05, 3.63) is 74.4 Å². The number of aliphatic hydroxyl groups is 1. The predicted molar refractivity (Wildman–Crippen MR) is 112 cm³/mol. The monoisotopic (exact) mass is 432 g/mol. The van der Waals surface area contributed by atoms with Gasteiger partial charge in [0.2, 0.25) is 5.91 Å². The van der Waals surface area contributed by atoms with Crippen molar-refractivity contribution in [2.24, 2.45) is 0 Å². The van der Waals surface area contributed by atoms with E-state index in [1.165, 1.54) is 10.8 Å². The van der Waals surface area contributed by atoms with E-state index >= 15 is 0 Å². The second kappa shape index (κ2) is 9.17. The fraction of sp³-hybridized carbons (Fsp3) is 0.200. The van der Waals surface area contributed by atoms with Gasteiger partial charge in [-0.15, -0.1) is 0 Å². The molecule has 3 aromatic rings. The Morgan fingerprint density at radius 1 is 1.21 bits per heavy atom. The van der Waals surface area contributed by atoms with E-state index in [0.717, 1.165) is 0 Å². The highest BCUT2D eigenvalue weighted by Crippen LogP contribution is 2.21. The van der Waals surface area contributed by atoms with Crippen LogP contribution in [0.4, 0.5) is 5.69 Å². The summed E-state index contributed by atoms with van der Waals surface area (Å²) in [7, 11) is 0. The number of aryl methyl sites for hydroxylation is 1. The van der Waals surface area contributed by atoms with Crippen molar-refractivity contribution in [2.75, 3.05) is 11.9 Å². The zero-order valence-electron chi connectivity index (χ0n) is 15.5. The van der Waals surface area contributed by atoms with Crippen LogP contribution in [-0.2, 0) is 17.8 Å². The van der Waals surface area contributed by atoms with Gasteiger partial charge >= 0.3 is 0 Å². The number of carbonyl (C=O) groups excluding carboxylic acids is 1. The van der Waals surface area contributed by atoms with Crippen LogP contribution in [0.2, 0.25) is 10.2 Å². The third-order valence-corrected chi connectivity index (χ3v) is 4.82. The van der Waals surface area contributed by atoms with Crippen molar-refractivity contribution >= 4 is 34.8 Å². The largest absolute Gasteiger partial charge is 0.396 e. The zero-order valence-corrected chi connectivity index (χ0v) is 17.0. The van der Waals surface area contributed by atoms with E-state index in [4.69, 9.17) is 23.2 Å². The molecule has 0 fully saturated rings. The quantitative estimate of drug-likeness (QED) is 0.583. The summed E-state index contributed by atoms with van der Waals surface area (Å²) in [5.41, 5.74) is 1.45. The van der Waals surface area contributed by atoms with Crippen LogP contribution in [0.1, 0.15) is 11.3 Å². The second-order valence-corrected chi connectivity index (χ2v) is 7.06. The third-order valence-electron chi connectivity index (χ3n) is 4.27. The molecule has 0 aliphatic rings. The minimum absolute atomic E-state index is 0.147. The Bertz CT molecular complexity index is 1100. The number of benzene rings is 1. The molecule has 2 N–H and O–H groups in total. The van der Waals surface area contributed by atoms with Crippen LogP contribution >= 0.6 is 23.2 Å². The first kappa shape index (κ1) is 21.0. The Labute approximate surface area is 177 Å². The van der Waals surface area contributed by atoms with Crippen LogP contribution in [0.5, 0.6) is 0 Å². The van der Waals surface area contributed by atoms with Crippen molar-refractivity contribution < 1.29 is 9.90 Å². The van der Waals surface area contributed by atoms with Crippen molar-refractivity contribution in [3.8, 4) is 11.4 Å². The van der Waals surface area contributed by atoms with Crippen molar-refractivity contribution in [1.82, 2.24) is 14.5 Å². The minimum atomic E-state index is -0.460. The molecule has 0 unspecified atom stereocenters. The number of halogens is 2. The number of pyridine rings is 1. The normalized spacial score (nSPS) is 10.8. The van der Waals surface area contributed by atoms with Gasteiger partial charge in [-0.25, -0.2) is 9.97 Å². The van der Waals surface area contributed by atoms with E-state index in [2.05, 4.69) is 15.3 Å². The Morgan fingerprint density at radius 3 is 2.59 bits per heavy atom. The SMILES string of the molecule is Cc1nc(-c2ccc(Cl)cc2)n(CC(=O)Nc2cccnc2Cl)c(=O)c1CCO. The molecule has 2 aromatic heterocycles. The number of hydrogen-bond acceptors (Lipinski definition) is 5. The summed E-state index contributed by atoms with van der Waals surface area (Å²) in [6, 6.07) is 10.1. The molecule has 29 heavy (non-hydrogen) atoms. The molecular formula is C20H18Cl2N4O3. The van der Waals surface area contributed by atoms with Crippen LogP contribution < -0.4 is 10.9 Å². The van der Waals surface area contributed by atoms with E-state index in [9.17, 15) is 14.7 Å². The molecule has 0 atom stereocenters. The highest BCUT2D eigenvalue weighted by atomic mass is 35.5. The zero-order chi connectivity index (χ0) is 21.0. The molecule has 0 bridgehead atoms. The molecule has 0 spiro atoms. The summed E-state index contributed by atoms with van der Waals surface area (Å²) in [5.74, 6) is -0.129. The first-order chi connectivity index (χ1) is 13.9. The van der Waals surface area contributed by atoms with Crippen molar-refractivity contribution in [3.63, 3.8) is 0 Å². The Hall–Kier alpha value is -2.74. The van der Waals surface area contributed by atoms with Gasteiger partial charge < -0.3 is 10.4 Å². The summed E-state index contributed by atoms with van der Waals surface area (Å²) >= 11 is 11.9. The average Bonchev–Trinajstić information content (AvgIpc) is 2.69. The average molecular weight is 433 g/mol. The molecule has 2 heterocycles. The molecule has 0 saturated carbocycles. The number of aliphatic hydroxyl groups excluding tert-OH is 1. The molecule has 3 rings (SSSR count). The lowest BCUT2D eigenvalue weighted by molar-refractivity contribution is -0.116. The minimum Gasteiger partial charge on any atom is -0.396 e. The van der Waals surface area contributed by atoms with Gasteiger partial charge in [0.1, 0.15) is 12.4 Å². The van der Waals surface area contributed by atoms with Gasteiger partial charge in [-0.05, 0) is 43.3 Å². The highest BCUT2D eigenvalue weighted by molar-refractivity contribution is 6.32. The first-order valence-corrected chi connectivity index (χ1v) is 9.53. The summed E-state index contributed by atoms with van der Waals surface area (Å²) in [4.78, 5) is 34.1. The van der Waals surface area contributed by atoms with Gasteiger partial charge in [0, 0.05) is 41.1 Å². The number of hydrogen-bond donors (Lipinski definition) is 2. The molecule has 1 aromatic carbocycles. The molecule has 0 aliphatic heterocycles. The number of rotatable bonds is 6. The maximum atomic E-state index is 13.1. The van der Waals surface area contributed by atoms with Gasteiger partial charge in [0.05, 0.1) is 5.69 Å². The number of anilines is 1. The Morgan fingerprint density at radius 2 is 1.93 bits per heavy atom. The van der Waals surface area contributed by atoms with Crippen molar-refractivity contribution in [1.29, 1.82) is 0 Å². The van der Waals surface area contributed by atoms with E-state index in [1.54, 1.807) is 43.3 Å². The van der Waals surface area contributed by atoms with E-state index in [-0.39, 0.29) is 30.3 Å². The smallest absolute Gasteiger partial charge is 0.257 e.